The number of benzene rings is 2. The minimum Gasteiger partial charge on any atom is -0.330 e. The van der Waals surface area contributed by atoms with Crippen LogP contribution >= 0.6 is 11.6 Å². The molecular formula is C15H17ClN2O2S. The largest absolute Gasteiger partial charge is 0.330 e. The van der Waals surface area contributed by atoms with Gasteiger partial charge in [0.1, 0.15) is 0 Å². The minimum absolute atomic E-state index is 0.202. The number of halogens is 1. The van der Waals surface area contributed by atoms with Crippen molar-refractivity contribution in [2.24, 2.45) is 5.73 Å². The van der Waals surface area contributed by atoms with Gasteiger partial charge in [0.2, 0.25) is 10.0 Å². The van der Waals surface area contributed by atoms with Crippen LogP contribution in [0.1, 0.15) is 11.1 Å². The Bertz CT molecular complexity index is 700. The lowest BCUT2D eigenvalue weighted by molar-refractivity contribution is 0.581. The summed E-state index contributed by atoms with van der Waals surface area (Å²) in [5, 5.41) is 0.581. The van der Waals surface area contributed by atoms with Gasteiger partial charge in [-0.05, 0) is 48.4 Å². The number of nitrogens with two attached hydrogens (primary N) is 1. The van der Waals surface area contributed by atoms with Crippen molar-refractivity contribution >= 4 is 21.6 Å². The zero-order valence-electron chi connectivity index (χ0n) is 11.4. The van der Waals surface area contributed by atoms with Crippen LogP contribution < -0.4 is 10.5 Å². The van der Waals surface area contributed by atoms with Gasteiger partial charge in [-0.1, -0.05) is 35.9 Å². The van der Waals surface area contributed by atoms with Gasteiger partial charge in [0.05, 0.1) is 4.90 Å². The van der Waals surface area contributed by atoms with Gasteiger partial charge in [-0.3, -0.25) is 0 Å². The molecule has 0 aliphatic heterocycles. The molecule has 2 rings (SSSR count). The van der Waals surface area contributed by atoms with E-state index in [9.17, 15) is 8.42 Å². The van der Waals surface area contributed by atoms with Crippen molar-refractivity contribution in [2.75, 3.05) is 6.54 Å². The predicted molar refractivity (Wildman–Crippen MR) is 84.7 cm³/mol. The highest BCUT2D eigenvalue weighted by atomic mass is 35.5. The summed E-state index contributed by atoms with van der Waals surface area (Å²) in [6.45, 7) is 0.743. The number of rotatable bonds is 6. The first kappa shape index (κ1) is 16.0. The van der Waals surface area contributed by atoms with E-state index in [1.165, 1.54) is 0 Å². The monoisotopic (exact) mass is 324 g/mol. The molecule has 2 aromatic rings. The Balaban J connectivity index is 2.07. The molecule has 3 N–H and O–H groups in total. The number of sulfonamides is 1. The topological polar surface area (TPSA) is 72.2 Å². The highest BCUT2D eigenvalue weighted by Gasteiger charge is 2.13. The van der Waals surface area contributed by atoms with E-state index in [-0.39, 0.29) is 11.4 Å². The SMILES string of the molecule is NCCc1ccc(S(=O)(=O)NCc2cccc(Cl)c2)cc1. The average Bonchev–Trinajstić information content (AvgIpc) is 2.46. The summed E-state index contributed by atoms with van der Waals surface area (Å²) in [4.78, 5) is 0.241. The first-order valence-electron chi connectivity index (χ1n) is 6.54. The molecule has 0 amide bonds. The Hall–Kier alpha value is -1.40. The fourth-order valence-corrected chi connectivity index (χ4v) is 3.14. The van der Waals surface area contributed by atoms with Crippen molar-refractivity contribution in [1.82, 2.24) is 4.72 Å². The molecule has 0 fully saturated rings. The second-order valence-electron chi connectivity index (χ2n) is 4.64. The molecule has 4 nitrogen and oxygen atoms in total. The zero-order chi connectivity index (χ0) is 15.3. The molecule has 2 aromatic carbocycles. The molecule has 0 radical (unpaired) electrons. The van der Waals surface area contributed by atoms with Gasteiger partial charge >= 0.3 is 0 Å². The molecule has 0 atom stereocenters. The highest BCUT2D eigenvalue weighted by molar-refractivity contribution is 7.89. The van der Waals surface area contributed by atoms with Crippen molar-refractivity contribution in [2.45, 2.75) is 17.9 Å². The van der Waals surface area contributed by atoms with Crippen LogP contribution in [-0.4, -0.2) is 15.0 Å². The molecule has 0 heterocycles. The van der Waals surface area contributed by atoms with Crippen LogP contribution in [0.3, 0.4) is 0 Å². The first-order chi connectivity index (χ1) is 10.0. The second kappa shape index (κ2) is 7.04. The van der Waals surface area contributed by atoms with Crippen LogP contribution in [0.25, 0.3) is 0 Å². The Labute approximate surface area is 130 Å². The van der Waals surface area contributed by atoms with Gasteiger partial charge in [-0.2, -0.15) is 0 Å². The first-order valence-corrected chi connectivity index (χ1v) is 8.40. The Kier molecular flexibility index (Phi) is 5.36. The summed E-state index contributed by atoms with van der Waals surface area (Å²) in [6.07, 6.45) is 0.732. The van der Waals surface area contributed by atoms with Gasteiger partial charge in [-0.15, -0.1) is 0 Å². The lowest BCUT2D eigenvalue weighted by atomic mass is 10.2. The van der Waals surface area contributed by atoms with Gasteiger partial charge < -0.3 is 5.73 Å². The van der Waals surface area contributed by atoms with Crippen molar-refractivity contribution in [1.29, 1.82) is 0 Å². The fourth-order valence-electron chi connectivity index (χ4n) is 1.91. The molecule has 112 valence electrons. The van der Waals surface area contributed by atoms with Gasteiger partial charge in [0, 0.05) is 11.6 Å². The van der Waals surface area contributed by atoms with E-state index in [0.29, 0.717) is 11.6 Å². The number of hydrogen-bond donors (Lipinski definition) is 2. The maximum atomic E-state index is 12.2. The van der Waals surface area contributed by atoms with E-state index < -0.39 is 10.0 Å². The van der Waals surface area contributed by atoms with E-state index in [1.54, 1.807) is 42.5 Å². The van der Waals surface area contributed by atoms with Crippen molar-refractivity contribution in [3.63, 3.8) is 0 Å². The molecule has 0 spiro atoms. The van der Waals surface area contributed by atoms with Crippen LogP contribution in [0.2, 0.25) is 5.02 Å². The lowest BCUT2D eigenvalue weighted by Gasteiger charge is -2.08. The summed E-state index contributed by atoms with van der Waals surface area (Å²) < 4.78 is 26.9. The average molecular weight is 325 g/mol. The molecule has 0 aliphatic carbocycles. The van der Waals surface area contributed by atoms with E-state index in [4.69, 9.17) is 17.3 Å². The molecule has 0 saturated carbocycles. The third-order valence-electron chi connectivity index (χ3n) is 3.02. The standard InChI is InChI=1S/C15H17ClN2O2S/c16-14-3-1-2-13(10-14)11-18-21(19,20)15-6-4-12(5-7-15)8-9-17/h1-7,10,18H,8-9,11,17H2. The number of hydrogen-bond acceptors (Lipinski definition) is 3. The van der Waals surface area contributed by atoms with Gasteiger partial charge in [0.15, 0.2) is 0 Å². The second-order valence-corrected chi connectivity index (χ2v) is 6.84. The Morgan fingerprint density at radius 2 is 1.76 bits per heavy atom. The van der Waals surface area contributed by atoms with Crippen molar-refractivity contribution in [3.8, 4) is 0 Å². The van der Waals surface area contributed by atoms with E-state index >= 15 is 0 Å². The Morgan fingerprint density at radius 3 is 2.38 bits per heavy atom. The lowest BCUT2D eigenvalue weighted by Crippen LogP contribution is -2.23. The molecule has 6 heteroatoms. The summed E-state index contributed by atoms with van der Waals surface area (Å²) in [5.41, 5.74) is 7.30. The fraction of sp³-hybridized carbons (Fsp3) is 0.200. The summed E-state index contributed by atoms with van der Waals surface area (Å²) in [6, 6.07) is 13.8. The molecule has 0 aromatic heterocycles. The third kappa shape index (κ3) is 4.54. The van der Waals surface area contributed by atoms with Gasteiger partial charge in [-0.25, -0.2) is 13.1 Å². The van der Waals surface area contributed by atoms with E-state index in [2.05, 4.69) is 4.72 Å². The van der Waals surface area contributed by atoms with E-state index in [1.807, 2.05) is 6.07 Å². The van der Waals surface area contributed by atoms with E-state index in [0.717, 1.165) is 17.5 Å². The Morgan fingerprint density at radius 1 is 1.05 bits per heavy atom. The summed E-state index contributed by atoms with van der Waals surface area (Å²) in [7, 11) is -3.53. The van der Waals surface area contributed by atoms with Crippen molar-refractivity contribution in [3.05, 3.63) is 64.7 Å². The van der Waals surface area contributed by atoms with Crippen LogP contribution in [0.4, 0.5) is 0 Å². The number of nitrogens with one attached hydrogen (secondary N) is 1. The normalized spacial score (nSPS) is 11.5. The van der Waals surface area contributed by atoms with Crippen LogP contribution in [0.5, 0.6) is 0 Å². The third-order valence-corrected chi connectivity index (χ3v) is 4.67. The summed E-state index contributed by atoms with van der Waals surface area (Å²) >= 11 is 5.87. The maximum absolute atomic E-state index is 12.2. The molecule has 0 saturated heterocycles. The van der Waals surface area contributed by atoms with Crippen LogP contribution in [0.15, 0.2) is 53.4 Å². The maximum Gasteiger partial charge on any atom is 0.240 e. The predicted octanol–water partition coefficient (Wildman–Crippen LogP) is 2.32. The van der Waals surface area contributed by atoms with Crippen LogP contribution in [-0.2, 0) is 23.0 Å². The highest BCUT2D eigenvalue weighted by Crippen LogP contribution is 2.13. The summed E-state index contributed by atoms with van der Waals surface area (Å²) in [5.74, 6) is 0. The zero-order valence-corrected chi connectivity index (χ0v) is 13.0. The molecule has 0 bridgehead atoms. The van der Waals surface area contributed by atoms with Gasteiger partial charge in [0.25, 0.3) is 0 Å². The quantitative estimate of drug-likeness (QED) is 0.856. The molecule has 21 heavy (non-hydrogen) atoms. The minimum atomic E-state index is -3.53. The molecular weight excluding hydrogens is 308 g/mol. The van der Waals surface area contributed by atoms with Crippen LogP contribution in [0, 0.1) is 0 Å². The smallest absolute Gasteiger partial charge is 0.240 e. The molecule has 0 aliphatic rings. The van der Waals surface area contributed by atoms with Crippen molar-refractivity contribution < 1.29 is 8.42 Å². The molecule has 0 unspecified atom stereocenters.